The highest BCUT2D eigenvalue weighted by molar-refractivity contribution is 5.85. The van der Waals surface area contributed by atoms with E-state index in [9.17, 15) is 9.90 Å². The van der Waals surface area contributed by atoms with Crippen LogP contribution in [0, 0.1) is 24.3 Å². The summed E-state index contributed by atoms with van der Waals surface area (Å²) in [4.78, 5) is 20.3. The molecule has 3 aromatic rings. The predicted octanol–water partition coefficient (Wildman–Crippen LogP) is 4.55. The Hall–Kier alpha value is -3.50. The minimum atomic E-state index is -0.771. The number of aliphatic hydroxyl groups excluding tert-OH is 1. The topological polar surface area (TPSA) is 79.2 Å². The standard InChI is InChI=1S/C28H31N3O4/c1-29-31-15-14-21-20-10-6-7-11-23(20)30-27(21)25(35-19-8-4-3-5-9-19)16-22-18(17-31)12-13-24(32)26(22)28(33)34-2/h3-11,18,22,24-26,30,32H,12-17H2,2H3/t18-,22-,24-,25+,26+/m0/s1. The summed E-state index contributed by atoms with van der Waals surface area (Å²) in [7, 11) is 1.37. The predicted molar refractivity (Wildman–Crippen MR) is 132 cm³/mol. The number of aromatic amines is 1. The summed E-state index contributed by atoms with van der Waals surface area (Å²) in [6.07, 6.45) is 1.41. The first-order valence-electron chi connectivity index (χ1n) is 12.3. The van der Waals surface area contributed by atoms with Crippen LogP contribution < -0.4 is 4.74 Å². The summed E-state index contributed by atoms with van der Waals surface area (Å²) >= 11 is 0. The molecule has 5 rings (SSSR count). The Labute approximate surface area is 205 Å². The van der Waals surface area contributed by atoms with Crippen molar-refractivity contribution in [3.05, 3.63) is 77.4 Å². The Morgan fingerprint density at radius 3 is 2.69 bits per heavy atom. The number of nitrogens with one attached hydrogen (secondary N) is 1. The smallest absolute Gasteiger partial charge is 0.311 e. The molecule has 2 aromatic carbocycles. The first kappa shape index (κ1) is 23.3. The van der Waals surface area contributed by atoms with Crippen LogP contribution >= 0.6 is 0 Å². The van der Waals surface area contributed by atoms with Crippen LogP contribution in [0.2, 0.25) is 0 Å². The fraction of sp³-hybridized carbons (Fsp3) is 0.429. The van der Waals surface area contributed by atoms with Crippen molar-refractivity contribution in [2.75, 3.05) is 20.2 Å². The molecule has 1 saturated carbocycles. The molecule has 2 aliphatic rings. The van der Waals surface area contributed by atoms with Gasteiger partial charge in [-0.1, -0.05) is 36.4 Å². The van der Waals surface area contributed by atoms with Crippen molar-refractivity contribution in [3.8, 4) is 5.75 Å². The van der Waals surface area contributed by atoms with Gasteiger partial charge in [0.25, 0.3) is 0 Å². The van der Waals surface area contributed by atoms with Gasteiger partial charge >= 0.3 is 5.97 Å². The first-order chi connectivity index (χ1) is 17.1. The molecule has 7 nitrogen and oxygen atoms in total. The molecule has 35 heavy (non-hydrogen) atoms. The zero-order chi connectivity index (χ0) is 24.4. The van der Waals surface area contributed by atoms with Crippen molar-refractivity contribution in [1.82, 2.24) is 9.99 Å². The van der Waals surface area contributed by atoms with Crippen molar-refractivity contribution < 1.29 is 19.4 Å². The van der Waals surface area contributed by atoms with Crippen molar-refractivity contribution in [2.24, 2.45) is 17.8 Å². The van der Waals surface area contributed by atoms with Crippen LogP contribution in [0.1, 0.15) is 36.6 Å². The average molecular weight is 474 g/mol. The summed E-state index contributed by atoms with van der Waals surface area (Å²) in [5, 5.41) is 13.8. The highest BCUT2D eigenvalue weighted by Gasteiger charge is 2.46. The summed E-state index contributed by atoms with van der Waals surface area (Å²) in [5.74, 6) is -0.412. The molecular weight excluding hydrogens is 442 g/mol. The van der Waals surface area contributed by atoms with E-state index in [1.807, 2.05) is 42.5 Å². The molecule has 5 atom stereocenters. The lowest BCUT2D eigenvalue weighted by molar-refractivity contribution is -0.157. The highest BCUT2D eigenvalue weighted by atomic mass is 16.5. The number of nitrogens with zero attached hydrogens (tertiary/aromatic N) is 2. The monoisotopic (exact) mass is 473 g/mol. The molecule has 1 fully saturated rings. The second-order valence-electron chi connectivity index (χ2n) is 9.60. The number of hydrogen-bond donors (Lipinski definition) is 2. The van der Waals surface area contributed by atoms with Crippen molar-refractivity contribution in [3.63, 3.8) is 0 Å². The zero-order valence-electron chi connectivity index (χ0n) is 19.9. The van der Waals surface area contributed by atoms with E-state index in [4.69, 9.17) is 16.0 Å². The van der Waals surface area contributed by atoms with E-state index < -0.39 is 18.0 Å². The zero-order valence-corrected chi connectivity index (χ0v) is 19.9. The first-order valence-corrected chi connectivity index (χ1v) is 12.3. The van der Waals surface area contributed by atoms with Crippen molar-refractivity contribution in [1.29, 1.82) is 0 Å². The van der Waals surface area contributed by atoms with Crippen LogP contribution in [-0.4, -0.2) is 47.4 Å². The molecule has 182 valence electrons. The third-order valence-corrected chi connectivity index (χ3v) is 7.67. The average Bonchev–Trinajstić information content (AvgIpc) is 3.26. The summed E-state index contributed by atoms with van der Waals surface area (Å²) < 4.78 is 11.7. The molecule has 0 saturated heterocycles. The maximum atomic E-state index is 12.9. The van der Waals surface area contributed by atoms with Crippen molar-refractivity contribution in [2.45, 2.75) is 37.9 Å². The van der Waals surface area contributed by atoms with Gasteiger partial charge in [0.05, 0.1) is 37.9 Å². The maximum Gasteiger partial charge on any atom is 0.311 e. The van der Waals surface area contributed by atoms with Crippen LogP contribution in [-0.2, 0) is 16.0 Å². The van der Waals surface area contributed by atoms with Gasteiger partial charge in [0.15, 0.2) is 0 Å². The second-order valence-corrected chi connectivity index (χ2v) is 9.60. The number of carbonyl (C=O) groups is 1. The third kappa shape index (κ3) is 4.59. The Kier molecular flexibility index (Phi) is 6.65. The van der Waals surface area contributed by atoms with Crippen LogP contribution in [0.5, 0.6) is 5.75 Å². The Morgan fingerprint density at radius 1 is 1.14 bits per heavy atom. The Morgan fingerprint density at radius 2 is 1.91 bits per heavy atom. The number of H-pyrrole nitrogens is 1. The number of hydrogen-bond acceptors (Lipinski definition) is 5. The van der Waals surface area contributed by atoms with Crippen LogP contribution in [0.3, 0.4) is 0 Å². The number of aromatic nitrogens is 1. The molecule has 2 heterocycles. The number of para-hydroxylation sites is 2. The van der Waals surface area contributed by atoms with Gasteiger partial charge in [-0.05, 0) is 61.3 Å². The van der Waals surface area contributed by atoms with Crippen LogP contribution in [0.25, 0.3) is 15.9 Å². The number of methoxy groups -OCH3 is 1. The second kappa shape index (κ2) is 10.0. The molecule has 1 aliphatic heterocycles. The number of benzene rings is 2. The summed E-state index contributed by atoms with van der Waals surface area (Å²) in [5.41, 5.74) is 3.14. The lowest BCUT2D eigenvalue weighted by Gasteiger charge is -2.41. The van der Waals surface area contributed by atoms with Crippen molar-refractivity contribution >= 4 is 16.9 Å². The lowest BCUT2D eigenvalue weighted by atomic mass is 9.67. The van der Waals surface area contributed by atoms with Gasteiger partial charge in [0.1, 0.15) is 11.9 Å². The number of fused-ring (bicyclic) bond motifs is 4. The Bertz CT molecular complexity index is 1220. The quantitative estimate of drug-likeness (QED) is 0.431. The maximum absolute atomic E-state index is 12.9. The van der Waals surface area contributed by atoms with E-state index in [1.165, 1.54) is 7.11 Å². The molecule has 0 spiro atoms. The largest absolute Gasteiger partial charge is 0.484 e. The van der Waals surface area contributed by atoms with E-state index in [-0.39, 0.29) is 17.9 Å². The van der Waals surface area contributed by atoms with Crippen LogP contribution in [0.4, 0.5) is 0 Å². The number of aliphatic hydroxyl groups is 1. The summed E-state index contributed by atoms with van der Waals surface area (Å²) in [6, 6.07) is 17.9. The number of rotatable bonds is 3. The molecular formula is C28H31N3O4. The molecule has 0 amide bonds. The molecule has 1 aliphatic carbocycles. The minimum Gasteiger partial charge on any atom is -0.484 e. The molecule has 0 bridgehead atoms. The van der Waals surface area contributed by atoms with Crippen LogP contribution in [0.15, 0.2) is 54.6 Å². The highest BCUT2D eigenvalue weighted by Crippen LogP contribution is 2.44. The number of carbonyl (C=O) groups excluding carboxylic acids is 1. The number of ether oxygens (including phenoxy) is 2. The minimum absolute atomic E-state index is 0.0735. The van der Waals surface area contributed by atoms with Gasteiger partial charge < -0.3 is 19.6 Å². The van der Waals surface area contributed by atoms with E-state index in [1.54, 1.807) is 5.01 Å². The van der Waals surface area contributed by atoms with E-state index >= 15 is 0 Å². The van der Waals surface area contributed by atoms with Gasteiger partial charge in [0.2, 0.25) is 0 Å². The van der Waals surface area contributed by atoms with Gasteiger partial charge in [-0.15, -0.1) is 5.01 Å². The normalized spacial score (nSPS) is 26.8. The molecule has 7 heteroatoms. The van der Waals surface area contributed by atoms with Gasteiger partial charge in [-0.3, -0.25) is 4.79 Å². The van der Waals surface area contributed by atoms with E-state index in [0.717, 1.165) is 40.8 Å². The molecule has 0 radical (unpaired) electrons. The third-order valence-electron chi connectivity index (χ3n) is 7.67. The van der Waals surface area contributed by atoms with E-state index in [0.29, 0.717) is 25.9 Å². The van der Waals surface area contributed by atoms with E-state index in [2.05, 4.69) is 22.1 Å². The SMILES string of the molecule is [C-]#[N+]N1CCc2c([nH]c3ccccc23)[C@H](Oc2ccccc2)C[C@H]2[C@@H](CC[C@H](O)[C@@H]2C(=O)OC)C1. The molecule has 1 aromatic heterocycles. The van der Waals surface area contributed by atoms with Gasteiger partial charge in [0, 0.05) is 10.9 Å². The van der Waals surface area contributed by atoms with Gasteiger partial charge in [-0.2, -0.15) is 11.5 Å². The summed E-state index contributed by atoms with van der Waals surface area (Å²) in [6.45, 7) is 8.93. The lowest BCUT2D eigenvalue weighted by Crippen LogP contribution is -2.47. The fourth-order valence-electron chi connectivity index (χ4n) is 5.98. The number of esters is 1. The van der Waals surface area contributed by atoms with Gasteiger partial charge in [-0.25, -0.2) is 0 Å². The fourth-order valence-corrected chi connectivity index (χ4v) is 5.98. The Balaban J connectivity index is 1.64. The molecule has 2 N–H and O–H groups in total. The molecule has 0 unspecified atom stereocenters.